The van der Waals surface area contributed by atoms with Crippen molar-refractivity contribution in [3.8, 4) is 11.1 Å². The second-order valence-electron chi connectivity index (χ2n) is 6.89. The zero-order valence-electron chi connectivity index (χ0n) is 14.9. The van der Waals surface area contributed by atoms with Gasteiger partial charge in [-0.05, 0) is 24.1 Å². The molecule has 3 aromatic rings. The van der Waals surface area contributed by atoms with Crippen LogP contribution < -0.4 is 5.56 Å². The highest BCUT2D eigenvalue weighted by Gasteiger charge is 2.44. The van der Waals surface area contributed by atoms with E-state index in [4.69, 9.17) is 23.2 Å². The van der Waals surface area contributed by atoms with Crippen LogP contribution in [-0.4, -0.2) is 39.1 Å². The molecule has 1 fully saturated rings. The number of carbonyl (C=O) groups is 1. The molecule has 0 spiro atoms. The molecule has 3 heterocycles. The fourth-order valence-corrected chi connectivity index (χ4v) is 4.44. The molecule has 146 valence electrons. The van der Waals surface area contributed by atoms with Crippen molar-refractivity contribution in [1.29, 1.82) is 0 Å². The number of amides is 1. The molecule has 1 saturated heterocycles. The molecule has 1 amide bonds. The topological polar surface area (TPSA) is 55.2 Å². The zero-order valence-corrected chi connectivity index (χ0v) is 17.2. The summed E-state index contributed by atoms with van der Waals surface area (Å²) in [4.78, 5) is 31.7. The highest BCUT2D eigenvalue weighted by Crippen LogP contribution is 2.34. The van der Waals surface area contributed by atoms with Gasteiger partial charge in [-0.1, -0.05) is 36.2 Å². The van der Waals surface area contributed by atoms with Crippen molar-refractivity contribution in [3.63, 3.8) is 0 Å². The van der Waals surface area contributed by atoms with Crippen LogP contribution in [0.4, 0.5) is 4.39 Å². The number of rotatable bonds is 4. The molecule has 1 aliphatic rings. The van der Waals surface area contributed by atoms with Crippen molar-refractivity contribution < 1.29 is 9.18 Å². The predicted molar refractivity (Wildman–Crippen MR) is 110 cm³/mol. The molecule has 28 heavy (non-hydrogen) atoms. The van der Waals surface area contributed by atoms with E-state index in [2.05, 4.69) is 4.98 Å². The molecule has 4 rings (SSSR count). The van der Waals surface area contributed by atoms with Crippen molar-refractivity contribution in [3.05, 3.63) is 50.3 Å². The van der Waals surface area contributed by atoms with Crippen LogP contribution in [0, 0.1) is 0 Å². The van der Waals surface area contributed by atoms with E-state index in [9.17, 15) is 14.0 Å². The molecular formula is C19H16Cl2FN3O2S. The molecule has 0 aliphatic carbocycles. The summed E-state index contributed by atoms with van der Waals surface area (Å²) >= 11 is 13.4. The molecule has 9 heteroatoms. The molecule has 0 bridgehead atoms. The van der Waals surface area contributed by atoms with Gasteiger partial charge in [0, 0.05) is 10.9 Å². The van der Waals surface area contributed by atoms with Crippen LogP contribution in [0.15, 0.2) is 34.7 Å². The number of carbonyl (C=O) groups excluding carboxylic acids is 1. The lowest BCUT2D eigenvalue weighted by molar-refractivity contribution is -0.146. The Labute approximate surface area is 174 Å². The van der Waals surface area contributed by atoms with Gasteiger partial charge in [-0.15, -0.1) is 11.3 Å². The number of likely N-dealkylation sites (tertiary alicyclic amines) is 1. The third-order valence-corrected chi connectivity index (χ3v) is 6.66. The molecule has 0 saturated carbocycles. The summed E-state index contributed by atoms with van der Waals surface area (Å²) in [5.74, 6) is -0.295. The number of thiophene rings is 1. The molecule has 0 unspecified atom stereocenters. The monoisotopic (exact) mass is 439 g/mol. The number of alkyl halides is 1. The molecule has 1 aromatic carbocycles. The summed E-state index contributed by atoms with van der Waals surface area (Å²) in [5, 5.41) is 3.08. The van der Waals surface area contributed by atoms with Crippen LogP contribution in [0.3, 0.4) is 0 Å². The quantitative estimate of drug-likeness (QED) is 0.605. The van der Waals surface area contributed by atoms with Gasteiger partial charge in [0.1, 0.15) is 17.0 Å². The predicted octanol–water partition coefficient (Wildman–Crippen LogP) is 4.39. The number of fused-ring (bicyclic) bond motifs is 1. The lowest BCUT2D eigenvalue weighted by atomic mass is 9.93. The van der Waals surface area contributed by atoms with Crippen molar-refractivity contribution in [2.24, 2.45) is 0 Å². The Balaban J connectivity index is 1.66. The summed E-state index contributed by atoms with van der Waals surface area (Å²) in [6.45, 7) is 1.73. The summed E-state index contributed by atoms with van der Waals surface area (Å²) in [6, 6.07) is 5.14. The molecule has 0 atom stereocenters. The molecule has 5 nitrogen and oxygen atoms in total. The van der Waals surface area contributed by atoms with Gasteiger partial charge in [-0.25, -0.2) is 9.37 Å². The first-order valence-corrected chi connectivity index (χ1v) is 10.3. The smallest absolute Gasteiger partial charge is 0.263 e. The maximum Gasteiger partial charge on any atom is 0.263 e. The number of aromatic nitrogens is 2. The number of nitrogens with zero attached hydrogens (tertiary/aromatic N) is 3. The Morgan fingerprint density at radius 1 is 1.32 bits per heavy atom. The fourth-order valence-electron chi connectivity index (χ4n) is 3.24. The third-order valence-electron chi connectivity index (χ3n) is 5.03. The first kappa shape index (κ1) is 19.4. The van der Waals surface area contributed by atoms with E-state index < -0.39 is 5.67 Å². The van der Waals surface area contributed by atoms with E-state index in [-0.39, 0.29) is 31.1 Å². The largest absolute Gasteiger partial charge is 0.335 e. The molecule has 2 aromatic heterocycles. The van der Waals surface area contributed by atoms with Gasteiger partial charge in [-0.2, -0.15) is 0 Å². The molecular weight excluding hydrogens is 424 g/mol. The summed E-state index contributed by atoms with van der Waals surface area (Å²) in [7, 11) is 0. The number of hydrogen-bond donors (Lipinski definition) is 0. The van der Waals surface area contributed by atoms with Gasteiger partial charge in [0.25, 0.3) is 5.56 Å². The van der Waals surface area contributed by atoms with Gasteiger partial charge in [-0.3, -0.25) is 14.2 Å². The lowest BCUT2D eigenvalue weighted by Crippen LogP contribution is -2.61. The Morgan fingerprint density at radius 2 is 2.07 bits per heavy atom. The van der Waals surface area contributed by atoms with Gasteiger partial charge in [0.2, 0.25) is 5.91 Å². The van der Waals surface area contributed by atoms with E-state index in [0.29, 0.717) is 32.2 Å². The SMILES string of the molecule is CCC1(F)CN(C(=O)Cn2cnc3scc(-c4ccc(Cl)c(Cl)c4)c3c2=O)C1. The van der Waals surface area contributed by atoms with E-state index in [0.717, 1.165) is 5.56 Å². The minimum absolute atomic E-state index is 0.0692. The van der Waals surface area contributed by atoms with E-state index in [1.807, 2.05) is 5.38 Å². The van der Waals surface area contributed by atoms with Crippen molar-refractivity contribution >= 4 is 50.7 Å². The second-order valence-corrected chi connectivity index (χ2v) is 8.56. The maximum absolute atomic E-state index is 14.0. The maximum atomic E-state index is 14.0. The lowest BCUT2D eigenvalue weighted by Gasteiger charge is -2.44. The normalized spacial score (nSPS) is 15.6. The summed E-state index contributed by atoms with van der Waals surface area (Å²) in [6.07, 6.45) is 1.73. The zero-order chi connectivity index (χ0) is 20.1. The van der Waals surface area contributed by atoms with Crippen molar-refractivity contribution in [1.82, 2.24) is 14.5 Å². The first-order chi connectivity index (χ1) is 13.3. The van der Waals surface area contributed by atoms with Crippen LogP contribution in [-0.2, 0) is 11.3 Å². The van der Waals surface area contributed by atoms with E-state index >= 15 is 0 Å². The summed E-state index contributed by atoms with van der Waals surface area (Å²) < 4.78 is 15.3. The Bertz CT molecular complexity index is 1140. The highest BCUT2D eigenvalue weighted by atomic mass is 35.5. The Kier molecular flexibility index (Phi) is 4.93. The first-order valence-electron chi connectivity index (χ1n) is 8.70. The van der Waals surface area contributed by atoms with E-state index in [1.165, 1.54) is 27.1 Å². The van der Waals surface area contributed by atoms with Crippen molar-refractivity contribution in [2.45, 2.75) is 25.6 Å². The molecule has 1 aliphatic heterocycles. The average molecular weight is 440 g/mol. The van der Waals surface area contributed by atoms with Gasteiger partial charge in [0.05, 0.1) is 34.8 Å². The second kappa shape index (κ2) is 7.13. The molecule has 0 N–H and O–H groups in total. The summed E-state index contributed by atoms with van der Waals surface area (Å²) in [5.41, 5.74) is -0.188. The van der Waals surface area contributed by atoms with Crippen LogP contribution in [0.2, 0.25) is 10.0 Å². The van der Waals surface area contributed by atoms with Crippen molar-refractivity contribution in [2.75, 3.05) is 13.1 Å². The van der Waals surface area contributed by atoms with E-state index in [1.54, 1.807) is 25.1 Å². The minimum Gasteiger partial charge on any atom is -0.335 e. The van der Waals surface area contributed by atoms with Crippen LogP contribution >= 0.6 is 34.5 Å². The number of benzene rings is 1. The Hall–Kier alpha value is -1.96. The van der Waals surface area contributed by atoms with Crippen LogP contribution in [0.25, 0.3) is 21.3 Å². The van der Waals surface area contributed by atoms with Crippen LogP contribution in [0.1, 0.15) is 13.3 Å². The average Bonchev–Trinajstić information content (AvgIpc) is 3.08. The number of halogens is 3. The minimum atomic E-state index is -1.31. The third kappa shape index (κ3) is 3.32. The Morgan fingerprint density at radius 3 is 2.75 bits per heavy atom. The van der Waals surface area contributed by atoms with Gasteiger partial charge in [0.15, 0.2) is 0 Å². The standard InChI is InChI=1S/C19H16Cl2FN3O2S/c1-2-19(22)8-25(9-19)15(26)6-24-10-23-17-16(18(24)27)12(7-28-17)11-3-4-13(20)14(21)5-11/h3-5,7,10H,2,6,8-9H2,1H3. The van der Waals surface area contributed by atoms with Gasteiger partial charge < -0.3 is 4.90 Å². The number of hydrogen-bond acceptors (Lipinski definition) is 4. The fraction of sp³-hybridized carbons (Fsp3) is 0.316. The highest BCUT2D eigenvalue weighted by molar-refractivity contribution is 7.17. The van der Waals surface area contributed by atoms with Crippen LogP contribution in [0.5, 0.6) is 0 Å². The van der Waals surface area contributed by atoms with Gasteiger partial charge >= 0.3 is 0 Å². The molecule has 0 radical (unpaired) electrons.